The summed E-state index contributed by atoms with van der Waals surface area (Å²) in [5, 5.41) is 5.69. The second kappa shape index (κ2) is 7.07. The summed E-state index contributed by atoms with van der Waals surface area (Å²) in [5.41, 5.74) is 3.96. The molecule has 0 aliphatic carbocycles. The van der Waals surface area contributed by atoms with Crippen LogP contribution < -0.4 is 0 Å². The summed E-state index contributed by atoms with van der Waals surface area (Å²) >= 11 is 3.66. The van der Waals surface area contributed by atoms with E-state index in [-0.39, 0.29) is 0 Å². The monoisotopic (exact) mass is 334 g/mol. The fraction of sp³-hybridized carbons (Fsp3) is 0.471. The number of hydrogen-bond donors (Lipinski definition) is 0. The summed E-state index contributed by atoms with van der Waals surface area (Å²) in [5.74, 6) is 0.483. The molecule has 0 aliphatic rings. The maximum atomic E-state index is 4.72. The summed E-state index contributed by atoms with van der Waals surface area (Å²) < 4.78 is 2.08. The van der Waals surface area contributed by atoms with Crippen molar-refractivity contribution in [2.45, 2.75) is 45.6 Å². The first kappa shape index (κ1) is 15.3. The van der Waals surface area contributed by atoms with Crippen molar-refractivity contribution in [2.24, 2.45) is 0 Å². The lowest BCUT2D eigenvalue weighted by Crippen LogP contribution is -2.09. The molecule has 1 aromatic carbocycles. The van der Waals surface area contributed by atoms with E-state index in [1.165, 1.54) is 16.8 Å². The number of alkyl halides is 1. The Labute approximate surface area is 130 Å². The van der Waals surface area contributed by atoms with Gasteiger partial charge >= 0.3 is 0 Å². The van der Waals surface area contributed by atoms with Crippen molar-refractivity contribution in [1.29, 1.82) is 0 Å². The number of benzene rings is 1. The van der Waals surface area contributed by atoms with Gasteiger partial charge in [0.1, 0.15) is 0 Å². The van der Waals surface area contributed by atoms with E-state index in [1.807, 2.05) is 0 Å². The number of nitrogens with zero attached hydrogens (tertiary/aromatic N) is 2. The predicted octanol–water partition coefficient (Wildman–Crippen LogP) is 4.88. The van der Waals surface area contributed by atoms with Crippen LogP contribution in [-0.4, -0.2) is 15.1 Å². The number of aromatic nitrogens is 2. The van der Waals surface area contributed by atoms with Crippen LogP contribution in [0.25, 0.3) is 0 Å². The molecule has 0 N–H and O–H groups in total. The molecule has 2 unspecified atom stereocenters. The Bertz CT molecular complexity index is 547. The largest absolute Gasteiger partial charge is 0.270 e. The maximum absolute atomic E-state index is 4.72. The molecule has 3 heteroatoms. The SMILES string of the molecule is CCC(C)n1ccc(CC(CBr)c2ccccc2C)n1. The molecule has 0 saturated carbocycles. The van der Waals surface area contributed by atoms with Gasteiger partial charge < -0.3 is 0 Å². The maximum Gasteiger partial charge on any atom is 0.0631 e. The Morgan fingerprint density at radius 1 is 1.25 bits per heavy atom. The van der Waals surface area contributed by atoms with Crippen molar-refractivity contribution >= 4 is 15.9 Å². The van der Waals surface area contributed by atoms with E-state index in [4.69, 9.17) is 5.10 Å². The zero-order valence-corrected chi connectivity index (χ0v) is 14.1. The van der Waals surface area contributed by atoms with E-state index in [0.29, 0.717) is 12.0 Å². The molecule has 0 aliphatic heterocycles. The number of halogens is 1. The summed E-state index contributed by atoms with van der Waals surface area (Å²) in [6, 6.07) is 11.3. The van der Waals surface area contributed by atoms with E-state index in [9.17, 15) is 0 Å². The van der Waals surface area contributed by atoms with Gasteiger partial charge in [-0.2, -0.15) is 5.10 Å². The molecular formula is C17H23BrN2. The zero-order chi connectivity index (χ0) is 14.5. The minimum atomic E-state index is 0.477. The van der Waals surface area contributed by atoms with Gasteiger partial charge in [0.15, 0.2) is 0 Å². The Morgan fingerprint density at radius 3 is 2.65 bits per heavy atom. The van der Waals surface area contributed by atoms with Crippen LogP contribution in [0.4, 0.5) is 0 Å². The Balaban J connectivity index is 2.15. The molecule has 0 fully saturated rings. The molecule has 0 radical (unpaired) electrons. The van der Waals surface area contributed by atoms with Crippen LogP contribution in [0.3, 0.4) is 0 Å². The predicted molar refractivity (Wildman–Crippen MR) is 88.6 cm³/mol. The van der Waals surface area contributed by atoms with E-state index in [0.717, 1.165) is 18.2 Å². The minimum absolute atomic E-state index is 0.477. The molecule has 2 rings (SSSR count). The smallest absolute Gasteiger partial charge is 0.0631 e. The normalized spacial score (nSPS) is 14.2. The van der Waals surface area contributed by atoms with Crippen LogP contribution in [0.2, 0.25) is 0 Å². The molecule has 0 spiro atoms. The van der Waals surface area contributed by atoms with Crippen molar-refractivity contribution in [3.63, 3.8) is 0 Å². The van der Waals surface area contributed by atoms with Gasteiger partial charge in [-0.1, -0.05) is 47.1 Å². The lowest BCUT2D eigenvalue weighted by atomic mass is 9.93. The van der Waals surface area contributed by atoms with E-state index in [1.54, 1.807) is 0 Å². The third-order valence-electron chi connectivity index (χ3n) is 3.98. The molecule has 0 amide bonds. The van der Waals surface area contributed by atoms with Crippen molar-refractivity contribution in [3.8, 4) is 0 Å². The van der Waals surface area contributed by atoms with Crippen LogP contribution >= 0.6 is 15.9 Å². The van der Waals surface area contributed by atoms with E-state index in [2.05, 4.69) is 77.9 Å². The summed E-state index contributed by atoms with van der Waals surface area (Å²) in [6.45, 7) is 6.59. The lowest BCUT2D eigenvalue weighted by molar-refractivity contribution is 0.472. The van der Waals surface area contributed by atoms with Crippen molar-refractivity contribution in [2.75, 3.05) is 5.33 Å². The molecule has 20 heavy (non-hydrogen) atoms. The minimum Gasteiger partial charge on any atom is -0.270 e. The fourth-order valence-corrected chi connectivity index (χ4v) is 3.04. The van der Waals surface area contributed by atoms with Crippen LogP contribution in [0.15, 0.2) is 36.5 Å². The first-order chi connectivity index (χ1) is 9.65. The Hall–Kier alpha value is -1.09. The highest BCUT2D eigenvalue weighted by molar-refractivity contribution is 9.09. The average molecular weight is 335 g/mol. The van der Waals surface area contributed by atoms with E-state index >= 15 is 0 Å². The Kier molecular flexibility index (Phi) is 5.41. The van der Waals surface area contributed by atoms with Gasteiger partial charge in [0, 0.05) is 17.6 Å². The molecule has 0 saturated heterocycles. The van der Waals surface area contributed by atoms with Gasteiger partial charge in [-0.3, -0.25) is 4.68 Å². The molecule has 0 bridgehead atoms. The highest BCUT2D eigenvalue weighted by atomic mass is 79.9. The van der Waals surface area contributed by atoms with Gasteiger partial charge in [-0.05, 0) is 49.8 Å². The summed E-state index contributed by atoms with van der Waals surface area (Å²) in [6.07, 6.45) is 4.20. The highest BCUT2D eigenvalue weighted by Crippen LogP contribution is 2.25. The van der Waals surface area contributed by atoms with Gasteiger partial charge in [0.25, 0.3) is 0 Å². The third kappa shape index (κ3) is 3.51. The first-order valence-corrected chi connectivity index (χ1v) is 8.43. The Morgan fingerprint density at radius 2 is 2.00 bits per heavy atom. The number of aryl methyl sites for hydroxylation is 1. The summed E-state index contributed by atoms with van der Waals surface area (Å²) in [7, 11) is 0. The molecule has 2 atom stereocenters. The van der Waals surface area contributed by atoms with Gasteiger partial charge in [-0.15, -0.1) is 0 Å². The molecule has 1 aromatic heterocycles. The van der Waals surface area contributed by atoms with Crippen molar-refractivity contribution in [1.82, 2.24) is 9.78 Å². The van der Waals surface area contributed by atoms with Crippen LogP contribution in [0.5, 0.6) is 0 Å². The van der Waals surface area contributed by atoms with Crippen LogP contribution in [0.1, 0.15) is 49.0 Å². The third-order valence-corrected chi connectivity index (χ3v) is 4.76. The second-order valence-electron chi connectivity index (χ2n) is 5.46. The van der Waals surface area contributed by atoms with E-state index < -0.39 is 0 Å². The first-order valence-electron chi connectivity index (χ1n) is 7.31. The van der Waals surface area contributed by atoms with Gasteiger partial charge in [0.05, 0.1) is 5.69 Å². The number of hydrogen-bond acceptors (Lipinski definition) is 1. The van der Waals surface area contributed by atoms with Crippen molar-refractivity contribution in [3.05, 3.63) is 53.3 Å². The topological polar surface area (TPSA) is 17.8 Å². The average Bonchev–Trinajstić information content (AvgIpc) is 2.93. The zero-order valence-electron chi connectivity index (χ0n) is 12.5. The summed E-state index contributed by atoms with van der Waals surface area (Å²) in [4.78, 5) is 0. The molecule has 1 heterocycles. The van der Waals surface area contributed by atoms with Gasteiger partial charge in [0.2, 0.25) is 0 Å². The lowest BCUT2D eigenvalue weighted by Gasteiger charge is -2.16. The molecule has 2 aromatic rings. The standard InChI is InChI=1S/C17H23BrN2/c1-4-14(3)20-10-9-16(19-20)11-15(12-18)17-8-6-5-7-13(17)2/h5-10,14-15H,4,11-12H2,1-3H3. The molecule has 108 valence electrons. The fourth-order valence-electron chi connectivity index (χ4n) is 2.46. The molecular weight excluding hydrogens is 312 g/mol. The number of rotatable bonds is 6. The van der Waals surface area contributed by atoms with Crippen molar-refractivity contribution < 1.29 is 0 Å². The van der Waals surface area contributed by atoms with Gasteiger partial charge in [-0.25, -0.2) is 0 Å². The van der Waals surface area contributed by atoms with Crippen LogP contribution in [0, 0.1) is 6.92 Å². The molecule has 2 nitrogen and oxygen atoms in total. The van der Waals surface area contributed by atoms with Crippen LogP contribution in [-0.2, 0) is 6.42 Å². The second-order valence-corrected chi connectivity index (χ2v) is 6.10. The quantitative estimate of drug-likeness (QED) is 0.688. The highest BCUT2D eigenvalue weighted by Gasteiger charge is 2.15.